The quantitative estimate of drug-likeness (QED) is 0.275. The average Bonchev–Trinajstić information content (AvgIpc) is 2.27. The van der Waals surface area contributed by atoms with Crippen LogP contribution in [0.15, 0.2) is 18.8 Å². The van der Waals surface area contributed by atoms with Crippen molar-refractivity contribution in [3.8, 4) is 0 Å². The van der Waals surface area contributed by atoms with Gasteiger partial charge in [-0.2, -0.15) is 0 Å². The zero-order valence-electron chi connectivity index (χ0n) is 10.4. The van der Waals surface area contributed by atoms with E-state index in [4.69, 9.17) is 5.73 Å². The van der Waals surface area contributed by atoms with Crippen LogP contribution in [-0.4, -0.2) is 38.8 Å². The van der Waals surface area contributed by atoms with Gasteiger partial charge in [0.1, 0.15) is 5.41 Å². The molecule has 1 rings (SSSR count). The van der Waals surface area contributed by atoms with Crippen LogP contribution in [0.5, 0.6) is 0 Å². The number of primary amides is 1. The molecule has 2 atom stereocenters. The first-order chi connectivity index (χ1) is 9.16. The molecule has 0 spiro atoms. The Bertz CT molecular complexity index is 516. The lowest BCUT2D eigenvalue weighted by Gasteiger charge is -2.44. The number of aliphatic hydroxyl groups is 2. The Kier molecular flexibility index (Phi) is 6.27. The van der Waals surface area contributed by atoms with E-state index in [2.05, 4.69) is 5.32 Å². The monoisotopic (exact) mass is 618 g/mol. The Balaban J connectivity index is 3.59. The van der Waals surface area contributed by atoms with Gasteiger partial charge in [0.2, 0.25) is 11.8 Å². The lowest BCUT2D eigenvalue weighted by atomic mass is 9.75. The van der Waals surface area contributed by atoms with Crippen LogP contribution in [0, 0.1) is 5.41 Å². The minimum atomic E-state index is -1.92. The Labute approximate surface area is 157 Å². The zero-order valence-corrected chi connectivity index (χ0v) is 16.9. The number of hydrogen-bond acceptors (Lipinski definition) is 4. The van der Waals surface area contributed by atoms with E-state index in [1.54, 1.807) is 35.6 Å². The minimum absolute atomic E-state index is 0.0839. The molecule has 2 unspecified atom stereocenters. The average molecular weight is 618 g/mol. The van der Waals surface area contributed by atoms with Gasteiger partial charge in [0.15, 0.2) is 3.61 Å². The molecular formula is C11H13I3N2O4. The maximum absolute atomic E-state index is 12.4. The van der Waals surface area contributed by atoms with Crippen LogP contribution >= 0.6 is 67.8 Å². The maximum atomic E-state index is 12.4. The van der Waals surface area contributed by atoms with Crippen molar-refractivity contribution in [1.29, 1.82) is 0 Å². The molecule has 6 nitrogen and oxygen atoms in total. The van der Waals surface area contributed by atoms with Crippen molar-refractivity contribution in [3.63, 3.8) is 0 Å². The standard InChI is InChI=1S/C11H13I3N2O4/c1-2-16-9(19)10(4-17)6(13)3-5(12)7(8(15)18)11(10,14)20/h3,17,20H,2,4H2,1H3,(H2,15,18)(H,16,19). The Morgan fingerprint density at radius 3 is 2.40 bits per heavy atom. The van der Waals surface area contributed by atoms with Crippen LogP contribution in [0.3, 0.4) is 0 Å². The highest BCUT2D eigenvalue weighted by Gasteiger charge is 2.61. The Hall–Kier alpha value is 0.530. The smallest absolute Gasteiger partial charge is 0.249 e. The largest absolute Gasteiger partial charge is 0.395 e. The first-order valence-corrected chi connectivity index (χ1v) is 8.78. The Morgan fingerprint density at radius 1 is 1.45 bits per heavy atom. The summed E-state index contributed by atoms with van der Waals surface area (Å²) >= 11 is 5.35. The second-order valence-corrected chi connectivity index (χ2v) is 8.01. The first kappa shape index (κ1) is 18.6. The molecule has 1 aliphatic rings. The molecule has 0 radical (unpaired) electrons. The highest BCUT2D eigenvalue weighted by atomic mass is 127. The van der Waals surface area contributed by atoms with E-state index in [0.29, 0.717) is 13.7 Å². The van der Waals surface area contributed by atoms with Crippen LogP contribution in [-0.2, 0) is 9.59 Å². The third kappa shape index (κ3) is 2.75. The van der Waals surface area contributed by atoms with Gasteiger partial charge in [-0.25, -0.2) is 0 Å². The van der Waals surface area contributed by atoms with Crippen LogP contribution < -0.4 is 11.1 Å². The third-order valence-electron chi connectivity index (χ3n) is 3.01. The maximum Gasteiger partial charge on any atom is 0.249 e. The van der Waals surface area contributed by atoms with Gasteiger partial charge in [-0.15, -0.1) is 0 Å². The number of aliphatic hydroxyl groups excluding tert-OH is 1. The van der Waals surface area contributed by atoms with Crippen LogP contribution in [0.25, 0.3) is 0 Å². The predicted octanol–water partition coefficient (Wildman–Crippen LogP) is 0.732. The number of carbonyl (C=O) groups is 2. The normalized spacial score (nSPS) is 30.0. The second-order valence-electron chi connectivity index (χ2n) is 4.12. The fourth-order valence-electron chi connectivity index (χ4n) is 1.94. The van der Waals surface area contributed by atoms with Crippen LogP contribution in [0.2, 0.25) is 0 Å². The number of carbonyl (C=O) groups excluding carboxylic acids is 2. The predicted molar refractivity (Wildman–Crippen MR) is 99.5 cm³/mol. The van der Waals surface area contributed by atoms with Crippen molar-refractivity contribution in [2.24, 2.45) is 11.1 Å². The van der Waals surface area contributed by atoms with E-state index in [9.17, 15) is 19.8 Å². The lowest BCUT2D eigenvalue weighted by molar-refractivity contribution is -0.137. The molecule has 0 fully saturated rings. The molecule has 0 aromatic rings. The van der Waals surface area contributed by atoms with Gasteiger partial charge in [-0.3, -0.25) is 9.59 Å². The summed E-state index contributed by atoms with van der Waals surface area (Å²) in [6.45, 7) is 1.42. The van der Waals surface area contributed by atoms with Gasteiger partial charge >= 0.3 is 0 Å². The summed E-state index contributed by atoms with van der Waals surface area (Å²) < 4.78 is -1.04. The summed E-state index contributed by atoms with van der Waals surface area (Å²) in [6, 6.07) is 0. The molecule has 0 saturated carbocycles. The molecule has 0 aromatic heterocycles. The minimum Gasteiger partial charge on any atom is -0.395 e. The van der Waals surface area contributed by atoms with E-state index in [0.717, 1.165) is 0 Å². The zero-order chi connectivity index (χ0) is 15.7. The van der Waals surface area contributed by atoms with Crippen molar-refractivity contribution >= 4 is 79.6 Å². The van der Waals surface area contributed by atoms with Crippen molar-refractivity contribution in [3.05, 3.63) is 18.8 Å². The van der Waals surface area contributed by atoms with Gasteiger partial charge in [-0.1, -0.05) is 0 Å². The van der Waals surface area contributed by atoms with Gasteiger partial charge in [0, 0.05) is 13.7 Å². The molecular weight excluding hydrogens is 605 g/mol. The number of amides is 2. The number of nitrogens with two attached hydrogens (primary N) is 1. The molecule has 0 aromatic carbocycles. The molecule has 9 heteroatoms. The van der Waals surface area contributed by atoms with Gasteiger partial charge < -0.3 is 21.3 Å². The van der Waals surface area contributed by atoms with E-state index in [1.165, 1.54) is 0 Å². The van der Waals surface area contributed by atoms with E-state index < -0.39 is 27.4 Å². The number of rotatable bonds is 4. The number of nitrogens with one attached hydrogen (secondary N) is 1. The summed E-state index contributed by atoms with van der Waals surface area (Å²) in [5.74, 6) is -1.38. The first-order valence-electron chi connectivity index (χ1n) is 5.55. The third-order valence-corrected chi connectivity index (χ3v) is 6.55. The van der Waals surface area contributed by atoms with Gasteiger partial charge in [0.25, 0.3) is 0 Å². The molecule has 0 saturated heterocycles. The molecule has 112 valence electrons. The molecule has 0 bridgehead atoms. The van der Waals surface area contributed by atoms with Crippen molar-refractivity contribution < 1.29 is 19.8 Å². The SMILES string of the molecule is CCNC(=O)C1(CO)C(I)=CC(I)=C(C(N)=O)C1(O)I. The molecule has 2 amide bonds. The number of alkyl halides is 1. The van der Waals surface area contributed by atoms with E-state index >= 15 is 0 Å². The molecule has 0 heterocycles. The highest BCUT2D eigenvalue weighted by Crippen LogP contribution is 2.54. The van der Waals surface area contributed by atoms with Gasteiger partial charge in [0.05, 0.1) is 12.2 Å². The fourth-order valence-corrected chi connectivity index (χ4v) is 6.91. The lowest BCUT2D eigenvalue weighted by Crippen LogP contribution is -2.60. The topological polar surface area (TPSA) is 113 Å². The second kappa shape index (κ2) is 6.75. The van der Waals surface area contributed by atoms with Crippen LogP contribution in [0.1, 0.15) is 6.92 Å². The summed E-state index contributed by atoms with van der Waals surface area (Å²) in [4.78, 5) is 24.0. The molecule has 5 N–H and O–H groups in total. The summed E-state index contributed by atoms with van der Waals surface area (Å²) in [5, 5.41) is 23.2. The molecule has 0 aliphatic heterocycles. The van der Waals surface area contributed by atoms with E-state index in [-0.39, 0.29) is 5.57 Å². The molecule has 1 aliphatic carbocycles. The van der Waals surface area contributed by atoms with Crippen molar-refractivity contribution in [2.45, 2.75) is 10.5 Å². The highest BCUT2D eigenvalue weighted by molar-refractivity contribution is 14.1. The fraction of sp³-hybridized carbons (Fsp3) is 0.455. The van der Waals surface area contributed by atoms with Crippen molar-refractivity contribution in [2.75, 3.05) is 13.2 Å². The summed E-state index contributed by atoms with van der Waals surface area (Å²) in [6.07, 6.45) is 1.57. The number of halogens is 3. The Morgan fingerprint density at radius 2 is 2.00 bits per heavy atom. The summed E-state index contributed by atoms with van der Waals surface area (Å²) in [7, 11) is 0. The summed E-state index contributed by atoms with van der Waals surface area (Å²) in [5.41, 5.74) is 3.58. The number of hydrogen-bond donors (Lipinski definition) is 4. The van der Waals surface area contributed by atoms with E-state index in [1.807, 2.05) is 45.2 Å². The van der Waals surface area contributed by atoms with Crippen LogP contribution in [0.4, 0.5) is 0 Å². The molecule has 20 heavy (non-hydrogen) atoms. The number of allylic oxidation sites excluding steroid dienone is 2. The van der Waals surface area contributed by atoms with Gasteiger partial charge in [-0.05, 0) is 80.8 Å². The van der Waals surface area contributed by atoms with Crippen molar-refractivity contribution in [1.82, 2.24) is 5.32 Å².